The van der Waals surface area contributed by atoms with Crippen LogP contribution in [0.2, 0.25) is 36.3 Å². The molecular formula is C18H40O4Si2. The van der Waals surface area contributed by atoms with Crippen molar-refractivity contribution in [1.29, 1.82) is 0 Å². The molecule has 0 aromatic heterocycles. The van der Waals surface area contributed by atoms with Gasteiger partial charge in [0, 0.05) is 5.92 Å². The molecule has 1 aliphatic heterocycles. The lowest BCUT2D eigenvalue weighted by Crippen LogP contribution is -2.51. The van der Waals surface area contributed by atoms with E-state index >= 15 is 0 Å². The summed E-state index contributed by atoms with van der Waals surface area (Å²) in [6.45, 7) is 24.5. The minimum atomic E-state index is -1.98. The molecule has 24 heavy (non-hydrogen) atoms. The summed E-state index contributed by atoms with van der Waals surface area (Å²) < 4.78 is 19.3. The molecule has 1 aliphatic rings. The van der Waals surface area contributed by atoms with Gasteiger partial charge >= 0.3 is 0 Å². The van der Waals surface area contributed by atoms with Crippen LogP contribution in [0.15, 0.2) is 0 Å². The Bertz CT molecular complexity index is 424. The minimum absolute atomic E-state index is 0.00981. The molecule has 144 valence electrons. The predicted molar refractivity (Wildman–Crippen MR) is 105 cm³/mol. The second-order valence-corrected chi connectivity index (χ2v) is 19.8. The Hall–Kier alpha value is 0.274. The van der Waals surface area contributed by atoms with Gasteiger partial charge in [0.1, 0.15) is 6.10 Å². The zero-order valence-electron chi connectivity index (χ0n) is 17.7. The summed E-state index contributed by atoms with van der Waals surface area (Å²) in [6.07, 6.45) is -0.709. The fourth-order valence-electron chi connectivity index (χ4n) is 2.28. The van der Waals surface area contributed by atoms with Crippen LogP contribution < -0.4 is 0 Å². The van der Waals surface area contributed by atoms with Crippen molar-refractivity contribution < 1.29 is 18.7 Å². The Labute approximate surface area is 151 Å². The molecule has 0 amide bonds. The second kappa shape index (κ2) is 7.12. The van der Waals surface area contributed by atoms with E-state index in [0.29, 0.717) is 0 Å². The molecule has 0 spiro atoms. The van der Waals surface area contributed by atoms with E-state index in [1.807, 2.05) is 0 Å². The Kier molecular flexibility index (Phi) is 6.62. The first-order chi connectivity index (χ1) is 10.5. The van der Waals surface area contributed by atoms with E-state index < -0.39 is 16.6 Å². The lowest BCUT2D eigenvalue weighted by Gasteiger charge is -2.43. The predicted octanol–water partition coefficient (Wildman–Crippen LogP) is 4.75. The van der Waals surface area contributed by atoms with Crippen molar-refractivity contribution in [2.75, 3.05) is 6.61 Å². The molecule has 0 aromatic rings. The topological polar surface area (TPSA) is 47.9 Å². The molecule has 1 N–H and O–H groups in total. The number of hydrogen-bond acceptors (Lipinski definition) is 4. The monoisotopic (exact) mass is 376 g/mol. The van der Waals surface area contributed by atoms with Gasteiger partial charge in [-0.05, 0) is 36.3 Å². The molecule has 1 fully saturated rings. The van der Waals surface area contributed by atoms with Crippen LogP contribution in [0.5, 0.6) is 0 Å². The highest BCUT2D eigenvalue weighted by molar-refractivity contribution is 6.74. The van der Waals surface area contributed by atoms with Gasteiger partial charge in [0.25, 0.3) is 0 Å². The number of ether oxygens (including phenoxy) is 1. The van der Waals surface area contributed by atoms with E-state index in [0.717, 1.165) is 0 Å². The van der Waals surface area contributed by atoms with Crippen LogP contribution in [0.1, 0.15) is 48.5 Å². The Morgan fingerprint density at radius 2 is 1.29 bits per heavy atom. The van der Waals surface area contributed by atoms with Gasteiger partial charge in [0.15, 0.2) is 22.9 Å². The normalized spacial score (nSPS) is 30.0. The molecule has 1 saturated heterocycles. The maximum Gasteiger partial charge on any atom is 0.195 e. The Morgan fingerprint density at radius 3 is 1.67 bits per heavy atom. The highest BCUT2D eigenvalue weighted by Gasteiger charge is 2.51. The molecule has 1 rings (SSSR count). The molecule has 0 aliphatic carbocycles. The van der Waals surface area contributed by atoms with Crippen LogP contribution >= 0.6 is 0 Å². The molecule has 1 heterocycles. The first-order valence-corrected chi connectivity index (χ1v) is 15.0. The van der Waals surface area contributed by atoms with E-state index in [4.69, 9.17) is 13.6 Å². The SMILES string of the molecule is CC1[C@@H](CO)O[C@@H](O[Si](C)(C)C(C)(C)C)[C@H]1O[Si](C)(C)C(C)(C)C. The smallest absolute Gasteiger partial charge is 0.195 e. The van der Waals surface area contributed by atoms with Gasteiger partial charge in [-0.1, -0.05) is 48.5 Å². The zero-order valence-corrected chi connectivity index (χ0v) is 19.7. The van der Waals surface area contributed by atoms with E-state index in [-0.39, 0.29) is 41.1 Å². The van der Waals surface area contributed by atoms with Gasteiger partial charge in [0.2, 0.25) is 0 Å². The van der Waals surface area contributed by atoms with Crippen molar-refractivity contribution in [3.63, 3.8) is 0 Å². The Morgan fingerprint density at radius 1 is 0.875 bits per heavy atom. The summed E-state index contributed by atoms with van der Waals surface area (Å²) in [5.41, 5.74) is 0. The number of rotatable bonds is 5. The van der Waals surface area contributed by atoms with Crippen LogP contribution in [0.4, 0.5) is 0 Å². The summed E-state index contributed by atoms with van der Waals surface area (Å²) >= 11 is 0. The summed E-state index contributed by atoms with van der Waals surface area (Å²) in [5, 5.41) is 9.91. The van der Waals surface area contributed by atoms with Crippen molar-refractivity contribution in [3.8, 4) is 0 Å². The lowest BCUT2D eigenvalue weighted by molar-refractivity contribution is -0.120. The van der Waals surface area contributed by atoms with Gasteiger partial charge in [-0.3, -0.25) is 0 Å². The maximum atomic E-state index is 9.67. The van der Waals surface area contributed by atoms with Crippen LogP contribution in [0.25, 0.3) is 0 Å². The highest BCUT2D eigenvalue weighted by atomic mass is 28.4. The summed E-state index contributed by atoms with van der Waals surface area (Å²) in [6, 6.07) is 0. The fourth-order valence-corrected chi connectivity index (χ4v) is 4.77. The summed E-state index contributed by atoms with van der Waals surface area (Å²) in [4.78, 5) is 0. The molecule has 0 aromatic carbocycles. The van der Waals surface area contributed by atoms with E-state index in [9.17, 15) is 5.11 Å². The first-order valence-electron chi connectivity index (χ1n) is 9.15. The maximum absolute atomic E-state index is 9.67. The van der Waals surface area contributed by atoms with E-state index in [2.05, 4.69) is 74.7 Å². The standard InChI is InChI=1S/C18H40O4Si2/c1-13-14(12-19)20-16(22-24(10,11)18(5,6)7)15(13)21-23(8,9)17(2,3)4/h13-16,19H,12H2,1-11H3/t13?,14-,15+,16+/m1/s1. The third kappa shape index (κ3) is 4.71. The molecular weight excluding hydrogens is 336 g/mol. The number of hydrogen-bond donors (Lipinski definition) is 1. The number of aliphatic hydroxyl groups excluding tert-OH is 1. The molecule has 6 heteroatoms. The van der Waals surface area contributed by atoms with E-state index in [1.54, 1.807) is 0 Å². The fraction of sp³-hybridized carbons (Fsp3) is 1.00. The van der Waals surface area contributed by atoms with Gasteiger partial charge in [-0.2, -0.15) is 0 Å². The van der Waals surface area contributed by atoms with Crippen LogP contribution in [0.3, 0.4) is 0 Å². The van der Waals surface area contributed by atoms with Crippen LogP contribution in [-0.2, 0) is 13.6 Å². The molecule has 0 bridgehead atoms. The van der Waals surface area contributed by atoms with Gasteiger partial charge < -0.3 is 18.7 Å². The Balaban J connectivity index is 3.05. The van der Waals surface area contributed by atoms with Crippen molar-refractivity contribution in [3.05, 3.63) is 0 Å². The summed E-state index contributed by atoms with van der Waals surface area (Å²) in [5.74, 6) is 0.124. The van der Waals surface area contributed by atoms with E-state index in [1.165, 1.54) is 0 Å². The molecule has 1 unspecified atom stereocenters. The van der Waals surface area contributed by atoms with Gasteiger partial charge in [-0.15, -0.1) is 0 Å². The van der Waals surface area contributed by atoms with Crippen molar-refractivity contribution >= 4 is 16.6 Å². The van der Waals surface area contributed by atoms with Crippen LogP contribution in [-0.4, -0.2) is 46.8 Å². The molecule has 4 nitrogen and oxygen atoms in total. The second-order valence-electron chi connectivity index (χ2n) is 10.3. The minimum Gasteiger partial charge on any atom is -0.408 e. The average molecular weight is 377 g/mol. The first kappa shape index (κ1) is 22.3. The highest BCUT2D eigenvalue weighted by Crippen LogP contribution is 2.44. The third-order valence-electron chi connectivity index (χ3n) is 6.32. The number of aliphatic hydroxyl groups is 1. The molecule has 0 saturated carbocycles. The average Bonchev–Trinajstić information content (AvgIpc) is 2.63. The van der Waals surface area contributed by atoms with Crippen molar-refractivity contribution in [2.45, 2.75) is 103 Å². The zero-order chi connectivity index (χ0) is 19.1. The van der Waals surface area contributed by atoms with Crippen molar-refractivity contribution in [1.82, 2.24) is 0 Å². The van der Waals surface area contributed by atoms with Gasteiger partial charge in [0.05, 0.1) is 12.7 Å². The lowest BCUT2D eigenvalue weighted by atomic mass is 10.0. The van der Waals surface area contributed by atoms with Crippen LogP contribution in [0, 0.1) is 5.92 Å². The molecule has 4 atom stereocenters. The molecule has 0 radical (unpaired) electrons. The quantitative estimate of drug-likeness (QED) is 0.703. The largest absolute Gasteiger partial charge is 0.408 e. The third-order valence-corrected chi connectivity index (χ3v) is 15.2. The van der Waals surface area contributed by atoms with Crippen molar-refractivity contribution in [2.24, 2.45) is 5.92 Å². The van der Waals surface area contributed by atoms with Gasteiger partial charge in [-0.25, -0.2) is 0 Å². The summed E-state index contributed by atoms with van der Waals surface area (Å²) in [7, 11) is -3.92.